The predicted octanol–water partition coefficient (Wildman–Crippen LogP) is 4.02. The van der Waals surface area contributed by atoms with Crippen LogP contribution < -0.4 is 5.32 Å². The summed E-state index contributed by atoms with van der Waals surface area (Å²) in [5.41, 5.74) is 4.12. The van der Waals surface area contributed by atoms with Crippen LogP contribution in [0.15, 0.2) is 23.0 Å². The van der Waals surface area contributed by atoms with E-state index in [1.54, 1.807) is 6.20 Å². The number of hydrogen-bond acceptors (Lipinski definition) is 6. The first kappa shape index (κ1) is 20.8. The van der Waals surface area contributed by atoms with Crippen LogP contribution in [-0.4, -0.2) is 21.7 Å². The van der Waals surface area contributed by atoms with Crippen molar-refractivity contribution in [2.75, 3.05) is 0 Å². The first-order valence-electron chi connectivity index (χ1n) is 8.56. The summed E-state index contributed by atoms with van der Waals surface area (Å²) in [6.45, 7) is 14.5. The lowest BCUT2D eigenvalue weighted by molar-refractivity contribution is -0.151. The summed E-state index contributed by atoms with van der Waals surface area (Å²) in [5, 5.41) is 7.30. The highest BCUT2D eigenvalue weighted by molar-refractivity contribution is 5.71. The van der Waals surface area contributed by atoms with Crippen LogP contribution >= 0.6 is 0 Å². The molecule has 0 atom stereocenters. The third kappa shape index (κ3) is 6.31. The number of rotatable bonds is 0. The zero-order chi connectivity index (χ0) is 19.0. The van der Waals surface area contributed by atoms with Gasteiger partial charge in [-0.1, -0.05) is 19.0 Å². The molecule has 6 heteroatoms. The lowest BCUT2D eigenvalue weighted by Crippen LogP contribution is -2.21. The Balaban J connectivity index is 0.000000269. The number of pyridine rings is 1. The van der Waals surface area contributed by atoms with Gasteiger partial charge in [-0.05, 0) is 44.9 Å². The number of carbonyl (C=O) groups is 1. The Morgan fingerprint density at radius 2 is 1.96 bits per heavy atom. The Labute approximate surface area is 150 Å². The molecule has 0 unspecified atom stereocenters. The summed E-state index contributed by atoms with van der Waals surface area (Å²) in [5.74, 6) is 0.690. The van der Waals surface area contributed by atoms with Gasteiger partial charge in [0.15, 0.2) is 5.76 Å². The van der Waals surface area contributed by atoms with Crippen LogP contribution in [0.5, 0.6) is 0 Å². The maximum absolute atomic E-state index is 10.2. The Morgan fingerprint density at radius 1 is 1.28 bits per heavy atom. The SMILES string of the molecule is CC.CC(=O)OC(C)(C)C.Cc1noc2c1-c1ccncc1CNC2. The molecule has 1 N–H and O–H groups in total. The van der Waals surface area contributed by atoms with E-state index in [-0.39, 0.29) is 11.6 Å². The van der Waals surface area contributed by atoms with Crippen molar-refractivity contribution in [2.24, 2.45) is 0 Å². The van der Waals surface area contributed by atoms with Crippen LogP contribution in [-0.2, 0) is 22.6 Å². The summed E-state index contributed by atoms with van der Waals surface area (Å²) in [4.78, 5) is 14.4. The third-order valence-corrected chi connectivity index (χ3v) is 3.16. The summed E-state index contributed by atoms with van der Waals surface area (Å²) in [6.07, 6.45) is 3.70. The molecule has 0 saturated heterocycles. The van der Waals surface area contributed by atoms with Gasteiger partial charge in [0.05, 0.1) is 12.2 Å². The van der Waals surface area contributed by atoms with Gasteiger partial charge in [-0.3, -0.25) is 9.78 Å². The average molecular weight is 347 g/mol. The Morgan fingerprint density at radius 3 is 2.52 bits per heavy atom. The van der Waals surface area contributed by atoms with E-state index in [1.165, 1.54) is 18.1 Å². The van der Waals surface area contributed by atoms with Crippen molar-refractivity contribution in [1.29, 1.82) is 0 Å². The molecule has 25 heavy (non-hydrogen) atoms. The van der Waals surface area contributed by atoms with Crippen LogP contribution in [0.1, 0.15) is 58.6 Å². The van der Waals surface area contributed by atoms with E-state index in [9.17, 15) is 4.79 Å². The van der Waals surface area contributed by atoms with Gasteiger partial charge in [0.2, 0.25) is 0 Å². The number of hydrogen-bond donors (Lipinski definition) is 1. The molecule has 2 aromatic rings. The van der Waals surface area contributed by atoms with E-state index in [1.807, 2.05) is 53.8 Å². The second kappa shape index (κ2) is 9.32. The molecule has 0 bridgehead atoms. The van der Waals surface area contributed by atoms with Crippen molar-refractivity contribution in [2.45, 2.75) is 67.2 Å². The molecule has 138 valence electrons. The second-order valence-corrected chi connectivity index (χ2v) is 6.41. The van der Waals surface area contributed by atoms with Gasteiger partial charge >= 0.3 is 5.97 Å². The normalized spacial score (nSPS) is 12.3. The zero-order valence-corrected chi connectivity index (χ0v) is 16.3. The van der Waals surface area contributed by atoms with E-state index < -0.39 is 0 Å². The number of fused-ring (bicyclic) bond motifs is 3. The minimum absolute atomic E-state index is 0.225. The maximum Gasteiger partial charge on any atom is 0.303 e. The van der Waals surface area contributed by atoms with Gasteiger partial charge in [0.25, 0.3) is 0 Å². The molecule has 0 radical (unpaired) electrons. The fourth-order valence-corrected chi connectivity index (χ4v) is 2.44. The van der Waals surface area contributed by atoms with Gasteiger partial charge < -0.3 is 14.6 Å². The number of nitrogens with one attached hydrogen (secondary N) is 1. The van der Waals surface area contributed by atoms with E-state index in [2.05, 4.69) is 15.5 Å². The maximum atomic E-state index is 10.2. The quantitative estimate of drug-likeness (QED) is 0.725. The number of aromatic nitrogens is 2. The lowest BCUT2D eigenvalue weighted by Gasteiger charge is -2.17. The van der Waals surface area contributed by atoms with E-state index in [0.717, 1.165) is 30.1 Å². The highest BCUT2D eigenvalue weighted by Crippen LogP contribution is 2.31. The molecule has 3 heterocycles. The van der Waals surface area contributed by atoms with Crippen molar-refractivity contribution in [3.05, 3.63) is 35.5 Å². The van der Waals surface area contributed by atoms with Crippen molar-refractivity contribution < 1.29 is 14.1 Å². The van der Waals surface area contributed by atoms with Crippen LogP contribution in [0.3, 0.4) is 0 Å². The van der Waals surface area contributed by atoms with E-state index in [0.29, 0.717) is 0 Å². The molecule has 1 aliphatic heterocycles. The number of aryl methyl sites for hydroxylation is 1. The van der Waals surface area contributed by atoms with Crippen molar-refractivity contribution >= 4 is 5.97 Å². The summed E-state index contributed by atoms with van der Waals surface area (Å²) < 4.78 is 10.1. The monoisotopic (exact) mass is 347 g/mol. The number of ether oxygens (including phenoxy) is 1. The highest BCUT2D eigenvalue weighted by Gasteiger charge is 2.20. The smallest absolute Gasteiger partial charge is 0.303 e. The molecule has 2 aromatic heterocycles. The molecule has 0 saturated carbocycles. The van der Waals surface area contributed by atoms with Gasteiger partial charge in [-0.25, -0.2) is 0 Å². The molecule has 0 amide bonds. The van der Waals surface area contributed by atoms with Crippen molar-refractivity contribution in [3.63, 3.8) is 0 Å². The Kier molecular flexibility index (Phi) is 7.77. The fourth-order valence-electron chi connectivity index (χ4n) is 2.44. The van der Waals surface area contributed by atoms with Gasteiger partial charge in [0, 0.05) is 31.4 Å². The summed E-state index contributed by atoms with van der Waals surface area (Å²) in [7, 11) is 0. The molecular weight excluding hydrogens is 318 g/mol. The van der Waals surface area contributed by atoms with E-state index >= 15 is 0 Å². The van der Waals surface area contributed by atoms with Crippen LogP contribution in [0.4, 0.5) is 0 Å². The second-order valence-electron chi connectivity index (χ2n) is 6.41. The first-order valence-corrected chi connectivity index (χ1v) is 8.56. The molecule has 0 aliphatic carbocycles. The topological polar surface area (TPSA) is 77.2 Å². The Hall–Kier alpha value is -2.21. The van der Waals surface area contributed by atoms with Gasteiger partial charge in [-0.2, -0.15) is 0 Å². The minimum atomic E-state index is -0.328. The molecule has 6 nitrogen and oxygen atoms in total. The third-order valence-electron chi connectivity index (χ3n) is 3.16. The minimum Gasteiger partial charge on any atom is -0.460 e. The molecule has 0 spiro atoms. The molecule has 0 fully saturated rings. The fraction of sp³-hybridized carbons (Fsp3) is 0.526. The number of nitrogens with zero attached hydrogens (tertiary/aromatic N) is 2. The first-order chi connectivity index (χ1) is 11.8. The standard InChI is InChI=1S/C11H11N3O.C6H12O2.C2H6/c1-7-11-9-2-3-12-4-8(9)5-13-6-10(11)15-14-7;1-5(7)8-6(2,3)4;1-2/h2-4,13H,5-6H2,1H3;1-4H3;1-2H3. The van der Waals surface area contributed by atoms with E-state index in [4.69, 9.17) is 9.26 Å². The lowest BCUT2D eigenvalue weighted by atomic mass is 10.0. The molecule has 3 rings (SSSR count). The summed E-state index contributed by atoms with van der Waals surface area (Å²) >= 11 is 0. The molecule has 0 aromatic carbocycles. The van der Waals surface area contributed by atoms with Gasteiger partial charge in [-0.15, -0.1) is 0 Å². The van der Waals surface area contributed by atoms with Gasteiger partial charge in [0.1, 0.15) is 5.60 Å². The summed E-state index contributed by atoms with van der Waals surface area (Å²) in [6, 6.07) is 2.02. The highest BCUT2D eigenvalue weighted by atomic mass is 16.6. The molecular formula is C19H29N3O3. The number of esters is 1. The van der Waals surface area contributed by atoms with Crippen molar-refractivity contribution in [1.82, 2.24) is 15.5 Å². The zero-order valence-electron chi connectivity index (χ0n) is 16.3. The van der Waals surface area contributed by atoms with Crippen LogP contribution in [0.25, 0.3) is 11.1 Å². The number of carbonyl (C=O) groups excluding carboxylic acids is 1. The van der Waals surface area contributed by atoms with Crippen molar-refractivity contribution in [3.8, 4) is 11.1 Å². The van der Waals surface area contributed by atoms with Crippen LogP contribution in [0, 0.1) is 6.92 Å². The Bertz CT molecular complexity index is 687. The average Bonchev–Trinajstić information content (AvgIpc) is 2.79. The largest absolute Gasteiger partial charge is 0.460 e. The van der Waals surface area contributed by atoms with Crippen LogP contribution in [0.2, 0.25) is 0 Å². The molecule has 1 aliphatic rings. The predicted molar refractivity (Wildman–Crippen MR) is 97.9 cm³/mol.